The third-order valence-corrected chi connectivity index (χ3v) is 5.90. The monoisotopic (exact) mass is 359 g/mol. The first kappa shape index (κ1) is 18.3. The van der Waals surface area contributed by atoms with Crippen molar-refractivity contribution < 1.29 is 4.79 Å². The standard InChI is InChI=1S/C20H29N3OS/c24-19(21-13-8-16-23-14-6-1-7-15-23)11-4-5-12-20-22-17-9-2-3-10-18(17)25-20/h2-3,9-10H,1,4-8,11-16H2,(H,21,24). The molecule has 3 rings (SSSR count). The number of nitrogens with one attached hydrogen (secondary N) is 1. The number of aromatic nitrogens is 1. The van der Waals surface area contributed by atoms with Crippen molar-refractivity contribution in [1.29, 1.82) is 0 Å². The smallest absolute Gasteiger partial charge is 0.219 e. The minimum atomic E-state index is 0.197. The van der Waals surface area contributed by atoms with E-state index in [-0.39, 0.29) is 5.91 Å². The first-order valence-corrected chi connectivity index (χ1v) is 10.5. The van der Waals surface area contributed by atoms with Crippen LogP contribution in [0.1, 0.15) is 50.0 Å². The van der Waals surface area contributed by atoms with Crippen LogP contribution in [0, 0.1) is 0 Å². The zero-order valence-electron chi connectivity index (χ0n) is 15.0. The molecule has 2 heterocycles. The zero-order chi connectivity index (χ0) is 17.3. The summed E-state index contributed by atoms with van der Waals surface area (Å²) in [6, 6.07) is 8.27. The number of piperidine rings is 1. The summed E-state index contributed by atoms with van der Waals surface area (Å²) in [4.78, 5) is 19.1. The van der Waals surface area contributed by atoms with Crippen LogP contribution < -0.4 is 5.32 Å². The molecule has 136 valence electrons. The van der Waals surface area contributed by atoms with Crippen molar-refractivity contribution >= 4 is 27.5 Å². The Morgan fingerprint density at radius 2 is 1.96 bits per heavy atom. The number of para-hydroxylation sites is 1. The molecule has 5 heteroatoms. The Morgan fingerprint density at radius 3 is 2.80 bits per heavy atom. The van der Waals surface area contributed by atoms with Gasteiger partial charge in [0.25, 0.3) is 0 Å². The highest BCUT2D eigenvalue weighted by Crippen LogP contribution is 2.22. The van der Waals surface area contributed by atoms with Crippen molar-refractivity contribution in [2.75, 3.05) is 26.2 Å². The molecule has 0 aliphatic carbocycles. The van der Waals surface area contributed by atoms with Gasteiger partial charge < -0.3 is 10.2 Å². The summed E-state index contributed by atoms with van der Waals surface area (Å²) in [6.07, 6.45) is 8.69. The van der Waals surface area contributed by atoms with Crippen LogP contribution in [0.25, 0.3) is 10.2 Å². The van der Waals surface area contributed by atoms with Crippen LogP contribution in [-0.4, -0.2) is 42.0 Å². The van der Waals surface area contributed by atoms with Gasteiger partial charge in [0, 0.05) is 13.0 Å². The maximum absolute atomic E-state index is 11.9. The van der Waals surface area contributed by atoms with E-state index in [4.69, 9.17) is 0 Å². The number of amides is 1. The van der Waals surface area contributed by atoms with Gasteiger partial charge in [0.2, 0.25) is 5.91 Å². The van der Waals surface area contributed by atoms with Crippen LogP contribution in [-0.2, 0) is 11.2 Å². The molecule has 0 saturated carbocycles. The van der Waals surface area contributed by atoms with Gasteiger partial charge in [-0.25, -0.2) is 4.98 Å². The molecule has 2 aromatic rings. The molecule has 0 radical (unpaired) electrons. The highest BCUT2D eigenvalue weighted by molar-refractivity contribution is 7.18. The van der Waals surface area contributed by atoms with Gasteiger partial charge in [-0.15, -0.1) is 11.3 Å². The number of nitrogens with zero attached hydrogens (tertiary/aromatic N) is 2. The van der Waals surface area contributed by atoms with Gasteiger partial charge in [0.05, 0.1) is 15.2 Å². The van der Waals surface area contributed by atoms with E-state index >= 15 is 0 Å². The van der Waals surface area contributed by atoms with Crippen molar-refractivity contribution in [1.82, 2.24) is 15.2 Å². The lowest BCUT2D eigenvalue weighted by molar-refractivity contribution is -0.121. The van der Waals surface area contributed by atoms with Crippen LogP contribution in [0.3, 0.4) is 0 Å². The summed E-state index contributed by atoms with van der Waals surface area (Å²) < 4.78 is 1.25. The van der Waals surface area contributed by atoms with Crippen LogP contribution in [0.15, 0.2) is 24.3 Å². The third-order valence-electron chi connectivity index (χ3n) is 4.80. The number of benzene rings is 1. The molecule has 0 spiro atoms. The highest BCUT2D eigenvalue weighted by atomic mass is 32.1. The first-order valence-electron chi connectivity index (χ1n) is 9.65. The maximum Gasteiger partial charge on any atom is 0.219 e. The van der Waals surface area contributed by atoms with E-state index in [0.717, 1.165) is 44.3 Å². The van der Waals surface area contributed by atoms with Gasteiger partial charge in [-0.3, -0.25) is 4.79 Å². The molecule has 1 aromatic heterocycles. The number of carbonyl (C=O) groups is 1. The van der Waals surface area contributed by atoms with E-state index in [2.05, 4.69) is 33.4 Å². The normalized spacial score (nSPS) is 15.5. The lowest BCUT2D eigenvalue weighted by Gasteiger charge is -2.26. The summed E-state index contributed by atoms with van der Waals surface area (Å²) in [5, 5.41) is 4.25. The Morgan fingerprint density at radius 1 is 1.12 bits per heavy atom. The van der Waals surface area contributed by atoms with E-state index in [9.17, 15) is 4.79 Å². The second-order valence-corrected chi connectivity index (χ2v) is 8.00. The molecule has 25 heavy (non-hydrogen) atoms. The SMILES string of the molecule is O=C(CCCCc1nc2ccccc2s1)NCCCN1CCCCC1. The molecule has 1 saturated heterocycles. The average molecular weight is 360 g/mol. The number of fused-ring (bicyclic) bond motifs is 1. The van der Waals surface area contributed by atoms with E-state index in [0.29, 0.717) is 6.42 Å². The number of hydrogen-bond donors (Lipinski definition) is 1. The van der Waals surface area contributed by atoms with Gasteiger partial charge in [0.1, 0.15) is 0 Å². The molecule has 1 aromatic carbocycles. The summed E-state index contributed by atoms with van der Waals surface area (Å²) in [5.74, 6) is 0.197. The van der Waals surface area contributed by atoms with Crippen LogP contribution in [0.4, 0.5) is 0 Å². The zero-order valence-corrected chi connectivity index (χ0v) is 15.8. The van der Waals surface area contributed by atoms with Crippen LogP contribution >= 0.6 is 11.3 Å². The molecule has 1 aliphatic rings. The van der Waals surface area contributed by atoms with E-state index < -0.39 is 0 Å². The first-order chi connectivity index (χ1) is 12.3. The summed E-state index contributed by atoms with van der Waals surface area (Å²) in [7, 11) is 0. The molecule has 0 atom stereocenters. The quantitative estimate of drug-likeness (QED) is 0.688. The summed E-state index contributed by atoms with van der Waals surface area (Å²) >= 11 is 1.77. The van der Waals surface area contributed by atoms with Crippen molar-refractivity contribution in [3.8, 4) is 0 Å². The Hall–Kier alpha value is -1.46. The van der Waals surface area contributed by atoms with Gasteiger partial charge in [-0.05, 0) is 70.3 Å². The minimum Gasteiger partial charge on any atom is -0.356 e. The van der Waals surface area contributed by atoms with Crippen molar-refractivity contribution in [3.63, 3.8) is 0 Å². The third kappa shape index (κ3) is 6.08. The van der Waals surface area contributed by atoms with Crippen molar-refractivity contribution in [2.24, 2.45) is 0 Å². The van der Waals surface area contributed by atoms with Crippen molar-refractivity contribution in [3.05, 3.63) is 29.3 Å². The summed E-state index contributed by atoms with van der Waals surface area (Å²) in [6.45, 7) is 4.41. The fraction of sp³-hybridized carbons (Fsp3) is 0.600. The number of hydrogen-bond acceptors (Lipinski definition) is 4. The predicted molar refractivity (Wildman–Crippen MR) is 105 cm³/mol. The molecule has 0 unspecified atom stereocenters. The second-order valence-electron chi connectivity index (χ2n) is 6.89. The van der Waals surface area contributed by atoms with Crippen LogP contribution in [0.2, 0.25) is 0 Å². The minimum absolute atomic E-state index is 0.197. The topological polar surface area (TPSA) is 45.2 Å². The number of likely N-dealkylation sites (tertiary alicyclic amines) is 1. The molecule has 0 bridgehead atoms. The fourth-order valence-corrected chi connectivity index (χ4v) is 4.40. The Bertz CT molecular complexity index is 631. The van der Waals surface area contributed by atoms with Gasteiger partial charge >= 0.3 is 0 Å². The van der Waals surface area contributed by atoms with E-state index in [1.807, 2.05) is 6.07 Å². The van der Waals surface area contributed by atoms with Gasteiger partial charge in [-0.1, -0.05) is 18.6 Å². The summed E-state index contributed by atoms with van der Waals surface area (Å²) in [5.41, 5.74) is 1.09. The van der Waals surface area contributed by atoms with Gasteiger partial charge in [-0.2, -0.15) is 0 Å². The van der Waals surface area contributed by atoms with Gasteiger partial charge in [0.15, 0.2) is 0 Å². The number of aryl methyl sites for hydroxylation is 1. The highest BCUT2D eigenvalue weighted by Gasteiger charge is 2.09. The molecule has 1 aliphatic heterocycles. The van der Waals surface area contributed by atoms with E-state index in [1.54, 1.807) is 11.3 Å². The number of unbranched alkanes of at least 4 members (excludes halogenated alkanes) is 1. The van der Waals surface area contributed by atoms with Crippen molar-refractivity contribution in [2.45, 2.75) is 51.4 Å². The van der Waals surface area contributed by atoms with Crippen LogP contribution in [0.5, 0.6) is 0 Å². The average Bonchev–Trinajstić information content (AvgIpc) is 3.06. The predicted octanol–water partition coefficient (Wildman–Crippen LogP) is 4.00. The molecule has 1 N–H and O–H groups in total. The lowest BCUT2D eigenvalue weighted by atomic mass is 10.1. The number of thiazole rings is 1. The largest absolute Gasteiger partial charge is 0.356 e. The number of rotatable bonds is 9. The molecule has 1 fully saturated rings. The molecule has 1 amide bonds. The lowest BCUT2D eigenvalue weighted by Crippen LogP contribution is -2.33. The Labute approximate surface area is 154 Å². The Kier molecular flexibility index (Phi) is 7.24. The maximum atomic E-state index is 11.9. The van der Waals surface area contributed by atoms with E-state index in [1.165, 1.54) is 42.1 Å². The Balaban J connectivity index is 1.24. The number of carbonyl (C=O) groups excluding carboxylic acids is 1. The molecular formula is C20H29N3OS. The molecule has 4 nitrogen and oxygen atoms in total. The fourth-order valence-electron chi connectivity index (χ4n) is 3.39. The second kappa shape index (κ2) is 9.88. The molecular weight excluding hydrogens is 330 g/mol.